The van der Waals surface area contributed by atoms with E-state index in [4.69, 9.17) is 16.3 Å². The van der Waals surface area contributed by atoms with E-state index in [-0.39, 0.29) is 11.9 Å². The maximum absolute atomic E-state index is 12.9. The van der Waals surface area contributed by atoms with Crippen LogP contribution < -0.4 is 10.2 Å². The summed E-state index contributed by atoms with van der Waals surface area (Å²) in [6.45, 7) is 8.00. The molecule has 1 saturated heterocycles. The minimum absolute atomic E-state index is 0.0814. The number of carbonyl (C=O) groups excluding carboxylic acids is 2. The molecule has 1 aliphatic carbocycles. The number of anilines is 2. The molecule has 2 aromatic rings. The Kier molecular flexibility index (Phi) is 7.38. The molecule has 32 heavy (non-hydrogen) atoms. The smallest absolute Gasteiger partial charge is 0.341 e. The topological polar surface area (TPSA) is 61.9 Å². The highest BCUT2D eigenvalue weighted by Gasteiger charge is 2.29. The van der Waals surface area contributed by atoms with Crippen molar-refractivity contribution >= 4 is 45.5 Å². The second-order valence-corrected chi connectivity index (χ2v) is 10.1. The number of piperazine rings is 1. The molecule has 172 valence electrons. The van der Waals surface area contributed by atoms with E-state index in [9.17, 15) is 9.59 Å². The predicted octanol–water partition coefficient (Wildman–Crippen LogP) is 4.46. The molecule has 1 aromatic carbocycles. The molecule has 4 rings (SSSR count). The van der Waals surface area contributed by atoms with Gasteiger partial charge in [-0.3, -0.25) is 9.69 Å². The predicted molar refractivity (Wildman–Crippen MR) is 130 cm³/mol. The number of nitrogens with one attached hydrogen (secondary N) is 1. The first-order chi connectivity index (χ1) is 15.4. The van der Waals surface area contributed by atoms with Crippen LogP contribution in [0.1, 0.15) is 41.1 Å². The van der Waals surface area contributed by atoms with Crippen molar-refractivity contribution in [3.8, 4) is 0 Å². The van der Waals surface area contributed by atoms with E-state index in [1.54, 1.807) is 6.92 Å². The van der Waals surface area contributed by atoms with Crippen LogP contribution in [-0.2, 0) is 22.4 Å². The van der Waals surface area contributed by atoms with Gasteiger partial charge in [0.15, 0.2) is 0 Å². The van der Waals surface area contributed by atoms with Gasteiger partial charge in [-0.15, -0.1) is 11.3 Å². The Morgan fingerprint density at radius 3 is 2.59 bits per heavy atom. The maximum Gasteiger partial charge on any atom is 0.341 e. The number of thiophene rings is 1. The van der Waals surface area contributed by atoms with Gasteiger partial charge in [-0.2, -0.15) is 0 Å². The van der Waals surface area contributed by atoms with Crippen molar-refractivity contribution in [2.75, 3.05) is 49.5 Å². The summed E-state index contributed by atoms with van der Waals surface area (Å²) < 4.78 is 5.30. The number of ether oxygens (including phenoxy) is 1. The number of hydrogen-bond acceptors (Lipinski definition) is 6. The number of esters is 1. The number of amides is 1. The number of nitrogens with zero attached hydrogens (tertiary/aromatic N) is 2. The Bertz CT molecular complexity index is 968. The third-order valence-electron chi connectivity index (χ3n) is 6.18. The fourth-order valence-corrected chi connectivity index (χ4v) is 5.98. The van der Waals surface area contributed by atoms with Crippen molar-refractivity contribution < 1.29 is 14.3 Å². The lowest BCUT2D eigenvalue weighted by Gasteiger charge is -2.35. The minimum atomic E-state index is -0.327. The van der Waals surface area contributed by atoms with Gasteiger partial charge >= 0.3 is 5.97 Å². The highest BCUT2D eigenvalue weighted by atomic mass is 35.5. The molecule has 0 saturated carbocycles. The normalized spacial score (nSPS) is 18.8. The van der Waals surface area contributed by atoms with Crippen LogP contribution in [0.15, 0.2) is 24.3 Å². The van der Waals surface area contributed by atoms with Crippen LogP contribution in [0.3, 0.4) is 0 Å². The molecule has 1 aliphatic heterocycles. The molecule has 2 aliphatic rings. The van der Waals surface area contributed by atoms with Gasteiger partial charge < -0.3 is 15.0 Å². The lowest BCUT2D eigenvalue weighted by molar-refractivity contribution is -0.117. The van der Waals surface area contributed by atoms with E-state index < -0.39 is 0 Å². The molecule has 1 aromatic heterocycles. The molecule has 1 N–H and O–H groups in total. The summed E-state index contributed by atoms with van der Waals surface area (Å²) in [4.78, 5) is 31.2. The van der Waals surface area contributed by atoms with Crippen molar-refractivity contribution in [1.82, 2.24) is 4.90 Å². The van der Waals surface area contributed by atoms with Crippen LogP contribution in [0.2, 0.25) is 5.02 Å². The summed E-state index contributed by atoms with van der Waals surface area (Å²) in [5, 5.41) is 4.41. The number of rotatable bonds is 6. The Labute approximate surface area is 198 Å². The van der Waals surface area contributed by atoms with Crippen LogP contribution in [0.4, 0.5) is 10.7 Å². The lowest BCUT2D eigenvalue weighted by atomic mass is 9.88. The number of fused-ring (bicyclic) bond motifs is 1. The molecule has 0 bridgehead atoms. The Balaban J connectivity index is 1.38. The average Bonchev–Trinajstić information content (AvgIpc) is 3.11. The molecule has 1 amide bonds. The standard InChI is InChI=1S/C24H30ClN3O3S/c1-3-31-24(30)22-19-9-4-16(2)14-20(19)32-23(22)26-21(29)15-27-10-12-28(13-11-27)18-7-5-17(25)6-8-18/h5-8,16H,3-4,9-15H2,1-2H3,(H,26,29). The maximum atomic E-state index is 12.9. The van der Waals surface area contributed by atoms with E-state index >= 15 is 0 Å². The first kappa shape index (κ1) is 23.1. The largest absolute Gasteiger partial charge is 0.462 e. The molecule has 6 nitrogen and oxygen atoms in total. The van der Waals surface area contributed by atoms with Crippen molar-refractivity contribution in [2.45, 2.75) is 33.1 Å². The average molecular weight is 476 g/mol. The fourth-order valence-electron chi connectivity index (χ4n) is 4.44. The number of carbonyl (C=O) groups is 2. The lowest BCUT2D eigenvalue weighted by Crippen LogP contribution is -2.48. The Morgan fingerprint density at radius 1 is 1.19 bits per heavy atom. The van der Waals surface area contributed by atoms with E-state index in [2.05, 4.69) is 22.0 Å². The zero-order valence-corrected chi connectivity index (χ0v) is 20.2. The van der Waals surface area contributed by atoms with Crippen molar-refractivity contribution in [3.63, 3.8) is 0 Å². The summed E-state index contributed by atoms with van der Waals surface area (Å²) in [5.41, 5.74) is 2.79. The van der Waals surface area contributed by atoms with E-state index in [1.807, 2.05) is 24.3 Å². The summed E-state index contributed by atoms with van der Waals surface area (Å²) in [6.07, 6.45) is 2.88. The van der Waals surface area contributed by atoms with Crippen LogP contribution >= 0.6 is 22.9 Å². The van der Waals surface area contributed by atoms with Crippen LogP contribution in [0.5, 0.6) is 0 Å². The fraction of sp³-hybridized carbons (Fsp3) is 0.500. The van der Waals surface area contributed by atoms with Gasteiger partial charge in [0.2, 0.25) is 5.91 Å². The summed E-state index contributed by atoms with van der Waals surface area (Å²) >= 11 is 7.53. The summed E-state index contributed by atoms with van der Waals surface area (Å²) in [6, 6.07) is 7.86. The van der Waals surface area contributed by atoms with Crippen molar-refractivity contribution in [1.29, 1.82) is 0 Å². The molecule has 1 atom stereocenters. The van der Waals surface area contributed by atoms with Crippen LogP contribution in [-0.4, -0.2) is 56.1 Å². The number of halogens is 1. The van der Waals surface area contributed by atoms with Gasteiger partial charge in [-0.25, -0.2) is 4.79 Å². The van der Waals surface area contributed by atoms with E-state index in [1.165, 1.54) is 16.2 Å². The molecule has 0 radical (unpaired) electrons. The van der Waals surface area contributed by atoms with Crippen molar-refractivity contribution in [3.05, 3.63) is 45.3 Å². The third kappa shape index (κ3) is 5.27. The minimum Gasteiger partial charge on any atom is -0.462 e. The second-order valence-electron chi connectivity index (χ2n) is 8.56. The summed E-state index contributed by atoms with van der Waals surface area (Å²) in [7, 11) is 0. The highest BCUT2D eigenvalue weighted by molar-refractivity contribution is 7.17. The van der Waals surface area contributed by atoms with Crippen LogP contribution in [0.25, 0.3) is 0 Å². The number of hydrogen-bond donors (Lipinski definition) is 1. The molecule has 0 spiro atoms. The highest BCUT2D eigenvalue weighted by Crippen LogP contribution is 2.40. The second kappa shape index (κ2) is 10.2. The monoisotopic (exact) mass is 475 g/mol. The first-order valence-electron chi connectivity index (χ1n) is 11.3. The number of benzene rings is 1. The van der Waals surface area contributed by atoms with Gasteiger partial charge in [0.05, 0.1) is 18.7 Å². The SMILES string of the molecule is CCOC(=O)c1c(NC(=O)CN2CCN(c3ccc(Cl)cc3)CC2)sc2c1CCC(C)C2. The molecule has 1 fully saturated rings. The first-order valence-corrected chi connectivity index (χ1v) is 12.5. The quantitative estimate of drug-likeness (QED) is 0.625. The van der Waals surface area contributed by atoms with E-state index in [0.29, 0.717) is 29.6 Å². The molecule has 2 heterocycles. The van der Waals surface area contributed by atoms with Crippen molar-refractivity contribution in [2.24, 2.45) is 5.92 Å². The molecule has 8 heteroatoms. The van der Waals surface area contributed by atoms with E-state index in [0.717, 1.165) is 61.7 Å². The van der Waals surface area contributed by atoms with Gasteiger partial charge in [0.1, 0.15) is 5.00 Å². The zero-order chi connectivity index (χ0) is 22.7. The molecular formula is C24H30ClN3O3S. The molecular weight excluding hydrogens is 446 g/mol. The van der Waals surface area contributed by atoms with Gasteiger partial charge in [0, 0.05) is 41.8 Å². The van der Waals surface area contributed by atoms with Crippen LogP contribution in [0, 0.1) is 5.92 Å². The third-order valence-corrected chi connectivity index (χ3v) is 7.60. The van der Waals surface area contributed by atoms with Gasteiger partial charge in [-0.1, -0.05) is 18.5 Å². The Morgan fingerprint density at radius 2 is 1.91 bits per heavy atom. The van der Waals surface area contributed by atoms with Gasteiger partial charge in [-0.05, 0) is 61.9 Å². The van der Waals surface area contributed by atoms with Gasteiger partial charge in [0.25, 0.3) is 0 Å². The Hall–Kier alpha value is -2.09. The summed E-state index contributed by atoms with van der Waals surface area (Å²) in [5.74, 6) is 0.185. The zero-order valence-electron chi connectivity index (χ0n) is 18.7. The molecule has 1 unspecified atom stereocenters.